The van der Waals surface area contributed by atoms with Crippen LogP contribution in [0, 0.1) is 11.7 Å². The molecule has 1 aliphatic heterocycles. The Morgan fingerprint density at radius 2 is 1.96 bits per heavy atom. The van der Waals surface area contributed by atoms with Crippen molar-refractivity contribution < 1.29 is 23.9 Å². The quantitative estimate of drug-likeness (QED) is 0.802. The lowest BCUT2D eigenvalue weighted by Gasteiger charge is -2.25. The molecule has 2 N–H and O–H groups in total. The van der Waals surface area contributed by atoms with Gasteiger partial charge in [-0.3, -0.25) is 14.4 Å². The molecule has 0 radical (unpaired) electrons. The molecule has 0 aromatic heterocycles. The Kier molecular flexibility index (Phi) is 5.73. The lowest BCUT2D eigenvalue weighted by atomic mass is 10.1. The third-order valence-corrected chi connectivity index (χ3v) is 4.94. The molecule has 2 unspecified atom stereocenters. The minimum Gasteiger partial charge on any atom is -0.481 e. The van der Waals surface area contributed by atoms with Crippen molar-refractivity contribution in [3.05, 3.63) is 65.5 Å². The molecule has 1 aliphatic rings. The molecule has 2 aromatic carbocycles. The number of anilines is 1. The number of nitrogens with zero attached hydrogens (tertiary/aromatic N) is 1. The average molecular weight is 384 g/mol. The summed E-state index contributed by atoms with van der Waals surface area (Å²) < 4.78 is 14.0. The summed E-state index contributed by atoms with van der Waals surface area (Å²) in [4.78, 5) is 37.3. The number of carboxylic acid groups (broad SMARTS) is 1. The largest absolute Gasteiger partial charge is 0.481 e. The first-order valence-corrected chi connectivity index (χ1v) is 9.00. The van der Waals surface area contributed by atoms with Gasteiger partial charge in [-0.1, -0.05) is 36.4 Å². The van der Waals surface area contributed by atoms with E-state index in [9.17, 15) is 18.8 Å². The van der Waals surface area contributed by atoms with Crippen molar-refractivity contribution in [2.24, 2.45) is 5.92 Å². The third kappa shape index (κ3) is 4.36. The Morgan fingerprint density at radius 1 is 1.25 bits per heavy atom. The Bertz CT molecular complexity index is 901. The van der Waals surface area contributed by atoms with Gasteiger partial charge in [0.15, 0.2) is 0 Å². The third-order valence-electron chi connectivity index (χ3n) is 4.94. The number of rotatable bonds is 6. The molecule has 6 nitrogen and oxygen atoms in total. The fraction of sp³-hybridized carbons (Fsp3) is 0.286. The monoisotopic (exact) mass is 384 g/mol. The Balaban J connectivity index is 1.65. The maximum atomic E-state index is 14.0. The molecular weight excluding hydrogens is 363 g/mol. The van der Waals surface area contributed by atoms with E-state index in [2.05, 4.69) is 5.32 Å². The summed E-state index contributed by atoms with van der Waals surface area (Å²) >= 11 is 0. The van der Waals surface area contributed by atoms with E-state index in [1.54, 1.807) is 4.90 Å². The van der Waals surface area contributed by atoms with Crippen molar-refractivity contribution in [1.82, 2.24) is 4.90 Å². The number of carbonyl (C=O) groups is 3. The van der Waals surface area contributed by atoms with Gasteiger partial charge in [0.05, 0.1) is 18.4 Å². The van der Waals surface area contributed by atoms with E-state index < -0.39 is 24.1 Å². The summed E-state index contributed by atoms with van der Waals surface area (Å²) in [6.45, 7) is 2.21. The molecule has 2 amide bonds. The van der Waals surface area contributed by atoms with E-state index in [1.165, 1.54) is 12.1 Å². The van der Waals surface area contributed by atoms with Crippen LogP contribution in [-0.2, 0) is 20.8 Å². The summed E-state index contributed by atoms with van der Waals surface area (Å²) in [6.07, 6.45) is -0.327. The highest BCUT2D eigenvalue weighted by Crippen LogP contribution is 2.29. The molecule has 2 atom stereocenters. The second kappa shape index (κ2) is 8.21. The summed E-state index contributed by atoms with van der Waals surface area (Å²) in [5.41, 5.74) is 1.27. The van der Waals surface area contributed by atoms with Crippen LogP contribution in [0.15, 0.2) is 48.5 Å². The number of benzene rings is 2. The molecule has 146 valence electrons. The first kappa shape index (κ1) is 19.5. The number of halogens is 1. The number of aliphatic carboxylic acids is 1. The fourth-order valence-electron chi connectivity index (χ4n) is 3.37. The van der Waals surface area contributed by atoms with Gasteiger partial charge in [0.1, 0.15) is 5.82 Å². The van der Waals surface area contributed by atoms with Crippen LogP contribution in [0.25, 0.3) is 0 Å². The Morgan fingerprint density at radius 3 is 2.61 bits per heavy atom. The number of likely N-dealkylation sites (tertiary alicyclic amines) is 1. The molecule has 0 aliphatic carbocycles. The van der Waals surface area contributed by atoms with E-state index in [0.717, 1.165) is 11.6 Å². The summed E-state index contributed by atoms with van der Waals surface area (Å²) in [6, 6.07) is 13.3. The summed E-state index contributed by atoms with van der Waals surface area (Å²) in [5, 5.41) is 11.4. The van der Waals surface area contributed by atoms with Crippen molar-refractivity contribution in [3.63, 3.8) is 0 Å². The smallest absolute Gasteiger partial charge is 0.307 e. The minimum absolute atomic E-state index is 0.0457. The van der Waals surface area contributed by atoms with E-state index >= 15 is 0 Å². The van der Waals surface area contributed by atoms with Crippen LogP contribution in [0.2, 0.25) is 0 Å². The van der Waals surface area contributed by atoms with E-state index in [4.69, 9.17) is 5.11 Å². The molecule has 1 saturated heterocycles. The molecule has 2 aromatic rings. The molecule has 3 rings (SSSR count). The van der Waals surface area contributed by atoms with Crippen LogP contribution in [0.5, 0.6) is 0 Å². The van der Waals surface area contributed by atoms with Crippen LogP contribution in [0.4, 0.5) is 10.1 Å². The summed E-state index contributed by atoms with van der Waals surface area (Å²) in [7, 11) is 0. The zero-order valence-corrected chi connectivity index (χ0v) is 15.4. The molecule has 0 spiro atoms. The van der Waals surface area contributed by atoms with Gasteiger partial charge in [-0.05, 0) is 30.2 Å². The van der Waals surface area contributed by atoms with Crippen LogP contribution in [0.1, 0.15) is 30.5 Å². The Hall–Kier alpha value is -3.22. The van der Waals surface area contributed by atoms with Gasteiger partial charge >= 0.3 is 5.97 Å². The highest BCUT2D eigenvalue weighted by atomic mass is 19.1. The molecule has 0 bridgehead atoms. The highest BCUT2D eigenvalue weighted by molar-refractivity contribution is 5.97. The van der Waals surface area contributed by atoms with Gasteiger partial charge in [-0.2, -0.15) is 0 Å². The van der Waals surface area contributed by atoms with Crippen LogP contribution >= 0.6 is 0 Å². The number of carbonyl (C=O) groups excluding carboxylic acids is 2. The highest BCUT2D eigenvalue weighted by Gasteiger charge is 2.37. The van der Waals surface area contributed by atoms with E-state index in [1.807, 2.05) is 37.3 Å². The van der Waals surface area contributed by atoms with Crippen molar-refractivity contribution in [2.45, 2.75) is 25.8 Å². The number of hydrogen-bond donors (Lipinski definition) is 2. The van der Waals surface area contributed by atoms with E-state index in [-0.39, 0.29) is 35.5 Å². The van der Waals surface area contributed by atoms with Gasteiger partial charge in [-0.25, -0.2) is 4.39 Å². The van der Waals surface area contributed by atoms with E-state index in [0.29, 0.717) is 6.54 Å². The molecule has 28 heavy (non-hydrogen) atoms. The van der Waals surface area contributed by atoms with Crippen molar-refractivity contribution in [1.29, 1.82) is 0 Å². The molecular formula is C21H21FN2O4. The SMILES string of the molecule is CC(c1ccccc1)N1CC(C(=O)Nc2ccc(CC(=O)O)c(F)c2)CC1=O. The number of amides is 2. The van der Waals surface area contributed by atoms with Gasteiger partial charge in [0, 0.05) is 18.7 Å². The van der Waals surface area contributed by atoms with Gasteiger partial charge in [-0.15, -0.1) is 0 Å². The van der Waals surface area contributed by atoms with Gasteiger partial charge in [0.2, 0.25) is 11.8 Å². The predicted molar refractivity (Wildman–Crippen MR) is 101 cm³/mol. The molecule has 0 saturated carbocycles. The van der Waals surface area contributed by atoms with Crippen LogP contribution in [0.3, 0.4) is 0 Å². The maximum absolute atomic E-state index is 14.0. The van der Waals surface area contributed by atoms with Crippen molar-refractivity contribution in [3.8, 4) is 0 Å². The van der Waals surface area contributed by atoms with Gasteiger partial charge in [0.25, 0.3) is 0 Å². The fourth-order valence-corrected chi connectivity index (χ4v) is 3.37. The average Bonchev–Trinajstić information content (AvgIpc) is 3.05. The lowest BCUT2D eigenvalue weighted by Crippen LogP contribution is -2.30. The number of hydrogen-bond acceptors (Lipinski definition) is 3. The molecule has 1 fully saturated rings. The standard InChI is InChI=1S/C21H21FN2O4/c1-13(14-5-3-2-4-6-14)24-12-16(9-19(24)25)21(28)23-17-8-7-15(10-20(26)27)18(22)11-17/h2-8,11,13,16H,9-10,12H2,1H3,(H,23,28)(H,26,27). The first-order chi connectivity index (χ1) is 13.3. The molecule has 7 heteroatoms. The number of nitrogens with one attached hydrogen (secondary N) is 1. The zero-order chi connectivity index (χ0) is 20.3. The summed E-state index contributed by atoms with van der Waals surface area (Å²) in [5.74, 6) is -2.81. The second-order valence-electron chi connectivity index (χ2n) is 6.90. The van der Waals surface area contributed by atoms with Crippen LogP contribution < -0.4 is 5.32 Å². The lowest BCUT2D eigenvalue weighted by molar-refractivity contribution is -0.136. The van der Waals surface area contributed by atoms with Crippen LogP contribution in [-0.4, -0.2) is 34.3 Å². The maximum Gasteiger partial charge on any atom is 0.307 e. The minimum atomic E-state index is -1.13. The normalized spacial score (nSPS) is 17.4. The zero-order valence-electron chi connectivity index (χ0n) is 15.4. The van der Waals surface area contributed by atoms with Crippen molar-refractivity contribution in [2.75, 3.05) is 11.9 Å². The molecule has 1 heterocycles. The van der Waals surface area contributed by atoms with Gasteiger partial charge < -0.3 is 15.3 Å². The Labute approximate surface area is 162 Å². The first-order valence-electron chi connectivity index (χ1n) is 9.00. The second-order valence-corrected chi connectivity index (χ2v) is 6.90. The van der Waals surface area contributed by atoms with Crippen molar-refractivity contribution >= 4 is 23.5 Å². The predicted octanol–water partition coefficient (Wildman–Crippen LogP) is 3.00. The number of carboxylic acids is 1. The topological polar surface area (TPSA) is 86.7 Å².